The molecule has 152 valence electrons. The number of nitrogens with zero attached hydrogens (tertiary/aromatic N) is 2. The van der Waals surface area contributed by atoms with Crippen molar-refractivity contribution in [3.63, 3.8) is 0 Å². The predicted octanol–water partition coefficient (Wildman–Crippen LogP) is 1.03. The number of carboxylic acid groups (broad SMARTS) is 1. The Morgan fingerprint density at radius 1 is 1.14 bits per heavy atom. The molecule has 1 aromatic carbocycles. The molecule has 28 heavy (non-hydrogen) atoms. The fraction of sp³-hybridized carbons (Fsp3) is 0.571. The molecule has 0 saturated carbocycles. The van der Waals surface area contributed by atoms with Gasteiger partial charge in [0, 0.05) is 37.9 Å². The Morgan fingerprint density at radius 2 is 1.75 bits per heavy atom. The smallest absolute Gasteiger partial charge is 0.256 e. The van der Waals surface area contributed by atoms with Crippen molar-refractivity contribution in [2.24, 2.45) is 5.41 Å². The summed E-state index contributed by atoms with van der Waals surface area (Å²) in [5, 5.41) is 11.7. The van der Waals surface area contributed by atoms with E-state index in [1.807, 2.05) is 20.8 Å². The number of carbonyl (C=O) groups is 3. The maximum absolute atomic E-state index is 13.1. The normalized spacial score (nSPS) is 21.8. The van der Waals surface area contributed by atoms with E-state index < -0.39 is 17.7 Å². The zero-order valence-corrected chi connectivity index (χ0v) is 16.6. The molecule has 2 amide bonds. The van der Waals surface area contributed by atoms with Crippen LogP contribution in [0.4, 0.5) is 0 Å². The molecule has 2 fully saturated rings. The Hall–Kier alpha value is -2.41. The Labute approximate surface area is 165 Å². The van der Waals surface area contributed by atoms with Gasteiger partial charge in [0.25, 0.3) is 5.91 Å². The van der Waals surface area contributed by atoms with E-state index in [-0.39, 0.29) is 23.8 Å². The van der Waals surface area contributed by atoms with Crippen LogP contribution in [0.2, 0.25) is 0 Å². The zero-order valence-electron chi connectivity index (χ0n) is 16.6. The Morgan fingerprint density at radius 3 is 2.29 bits per heavy atom. The lowest BCUT2D eigenvalue weighted by Crippen LogP contribution is -2.60. The summed E-state index contributed by atoms with van der Waals surface area (Å²) in [6.07, 6.45) is 1.20. The zero-order chi connectivity index (χ0) is 20.5. The summed E-state index contributed by atoms with van der Waals surface area (Å²) in [7, 11) is 0. The largest absolute Gasteiger partial charge is 0.548 e. The SMILES string of the molecule is CC(C)(C)CC(=O)N1CCC2(CC1)OC[C@@H](C(=O)[O-])N2C(=O)c1ccccc1. The van der Waals surface area contributed by atoms with Crippen LogP contribution in [0.5, 0.6) is 0 Å². The average Bonchev–Trinajstić information content (AvgIpc) is 3.00. The van der Waals surface area contributed by atoms with Gasteiger partial charge in [-0.25, -0.2) is 0 Å². The van der Waals surface area contributed by atoms with E-state index in [2.05, 4.69) is 0 Å². The molecule has 0 bridgehead atoms. The minimum Gasteiger partial charge on any atom is -0.548 e. The molecule has 0 aliphatic carbocycles. The molecular weight excluding hydrogens is 360 g/mol. The second-order valence-electron chi connectivity index (χ2n) is 8.75. The van der Waals surface area contributed by atoms with Crippen LogP contribution in [0.15, 0.2) is 30.3 Å². The van der Waals surface area contributed by atoms with Crippen molar-refractivity contribution in [3.05, 3.63) is 35.9 Å². The monoisotopic (exact) mass is 387 g/mol. The average molecular weight is 387 g/mol. The summed E-state index contributed by atoms with van der Waals surface area (Å²) in [6.45, 7) is 6.79. The fourth-order valence-corrected chi connectivity index (χ4v) is 3.94. The molecule has 1 aromatic rings. The third kappa shape index (κ3) is 4.04. The first-order chi connectivity index (χ1) is 13.1. The van der Waals surface area contributed by atoms with Gasteiger partial charge in [-0.15, -0.1) is 0 Å². The van der Waals surface area contributed by atoms with Gasteiger partial charge in [-0.05, 0) is 17.5 Å². The van der Waals surface area contributed by atoms with Crippen molar-refractivity contribution in [1.82, 2.24) is 9.80 Å². The minimum atomic E-state index is -1.33. The van der Waals surface area contributed by atoms with Gasteiger partial charge in [0.1, 0.15) is 5.72 Å². The molecule has 0 N–H and O–H groups in total. The summed E-state index contributed by atoms with van der Waals surface area (Å²) >= 11 is 0. The lowest BCUT2D eigenvalue weighted by atomic mass is 9.90. The van der Waals surface area contributed by atoms with Crippen LogP contribution in [-0.4, -0.2) is 59.0 Å². The molecule has 3 rings (SSSR count). The Balaban J connectivity index is 1.79. The van der Waals surface area contributed by atoms with E-state index in [4.69, 9.17) is 4.74 Å². The lowest BCUT2D eigenvalue weighted by molar-refractivity contribution is -0.310. The highest BCUT2D eigenvalue weighted by Gasteiger charge is 2.52. The molecule has 0 unspecified atom stereocenters. The summed E-state index contributed by atoms with van der Waals surface area (Å²) in [4.78, 5) is 40.4. The summed E-state index contributed by atoms with van der Waals surface area (Å²) in [5.74, 6) is -1.65. The Kier molecular flexibility index (Phi) is 5.48. The van der Waals surface area contributed by atoms with Crippen molar-refractivity contribution in [1.29, 1.82) is 0 Å². The van der Waals surface area contributed by atoms with Crippen molar-refractivity contribution in [2.45, 2.75) is 51.8 Å². The van der Waals surface area contributed by atoms with E-state index in [0.717, 1.165) is 0 Å². The predicted molar refractivity (Wildman–Crippen MR) is 100.0 cm³/mol. The first-order valence-electron chi connectivity index (χ1n) is 9.64. The molecule has 1 spiro atoms. The maximum atomic E-state index is 13.1. The molecule has 2 aliphatic heterocycles. The van der Waals surface area contributed by atoms with Crippen LogP contribution in [0.1, 0.15) is 50.4 Å². The third-order valence-electron chi connectivity index (χ3n) is 5.35. The molecular formula is C21H27N2O5-. The standard InChI is InChI=1S/C21H28N2O5/c1-20(2,3)13-17(24)22-11-9-21(10-12-22)23(16(14-28-21)19(26)27)18(25)15-7-5-4-6-8-15/h4-8,16H,9-14H2,1-3H3,(H,26,27)/p-1/t16-/m0/s1. The van der Waals surface area contributed by atoms with Crippen LogP contribution >= 0.6 is 0 Å². The van der Waals surface area contributed by atoms with Crippen LogP contribution < -0.4 is 5.11 Å². The number of hydrogen-bond donors (Lipinski definition) is 0. The number of piperidine rings is 1. The number of rotatable bonds is 3. The summed E-state index contributed by atoms with van der Waals surface area (Å²) in [5.41, 5.74) is -0.716. The molecule has 2 heterocycles. The molecule has 7 heteroatoms. The number of carboxylic acids is 1. The van der Waals surface area contributed by atoms with Crippen molar-refractivity contribution in [2.75, 3.05) is 19.7 Å². The van der Waals surface area contributed by atoms with E-state index in [1.54, 1.807) is 35.2 Å². The summed E-state index contributed by atoms with van der Waals surface area (Å²) < 4.78 is 5.89. The van der Waals surface area contributed by atoms with Crippen molar-refractivity contribution >= 4 is 17.8 Å². The van der Waals surface area contributed by atoms with Crippen molar-refractivity contribution < 1.29 is 24.2 Å². The number of likely N-dealkylation sites (tertiary alicyclic amines) is 1. The van der Waals surface area contributed by atoms with Gasteiger partial charge in [-0.2, -0.15) is 0 Å². The number of amides is 2. The minimum absolute atomic E-state index is 0.0673. The van der Waals surface area contributed by atoms with Gasteiger partial charge in [0.15, 0.2) is 0 Å². The first kappa shape index (κ1) is 20.3. The highest BCUT2D eigenvalue weighted by atomic mass is 16.5. The van der Waals surface area contributed by atoms with E-state index in [0.29, 0.717) is 37.9 Å². The van der Waals surface area contributed by atoms with Gasteiger partial charge in [-0.1, -0.05) is 39.0 Å². The van der Waals surface area contributed by atoms with E-state index in [9.17, 15) is 19.5 Å². The van der Waals surface area contributed by atoms with Gasteiger partial charge < -0.3 is 19.5 Å². The Bertz CT molecular complexity index is 748. The van der Waals surface area contributed by atoms with Crippen LogP contribution in [0, 0.1) is 5.41 Å². The molecule has 7 nitrogen and oxygen atoms in total. The first-order valence-corrected chi connectivity index (χ1v) is 9.64. The van der Waals surface area contributed by atoms with Gasteiger partial charge in [-0.3, -0.25) is 14.5 Å². The van der Waals surface area contributed by atoms with E-state index >= 15 is 0 Å². The highest BCUT2D eigenvalue weighted by molar-refractivity contribution is 5.97. The second kappa shape index (κ2) is 7.54. The lowest BCUT2D eigenvalue weighted by Gasteiger charge is -2.45. The van der Waals surface area contributed by atoms with Crippen LogP contribution in [0.25, 0.3) is 0 Å². The highest BCUT2D eigenvalue weighted by Crippen LogP contribution is 2.38. The number of hydrogen-bond acceptors (Lipinski definition) is 5. The number of ether oxygens (including phenoxy) is 1. The van der Waals surface area contributed by atoms with Crippen LogP contribution in [0.3, 0.4) is 0 Å². The van der Waals surface area contributed by atoms with Crippen LogP contribution in [-0.2, 0) is 14.3 Å². The quantitative estimate of drug-likeness (QED) is 0.773. The van der Waals surface area contributed by atoms with E-state index in [1.165, 1.54) is 4.90 Å². The third-order valence-corrected chi connectivity index (χ3v) is 5.35. The number of benzene rings is 1. The van der Waals surface area contributed by atoms with Gasteiger partial charge >= 0.3 is 0 Å². The van der Waals surface area contributed by atoms with Gasteiger partial charge in [0.05, 0.1) is 18.6 Å². The molecule has 0 aromatic heterocycles. The topological polar surface area (TPSA) is 90.0 Å². The van der Waals surface area contributed by atoms with Gasteiger partial charge in [0.2, 0.25) is 5.91 Å². The second-order valence-corrected chi connectivity index (χ2v) is 8.75. The van der Waals surface area contributed by atoms with Crippen molar-refractivity contribution in [3.8, 4) is 0 Å². The molecule has 0 radical (unpaired) electrons. The fourth-order valence-electron chi connectivity index (χ4n) is 3.94. The number of carbonyl (C=O) groups excluding carboxylic acids is 3. The molecule has 1 atom stereocenters. The maximum Gasteiger partial charge on any atom is 0.256 e. The summed E-state index contributed by atoms with van der Waals surface area (Å²) in [6, 6.07) is 7.44. The molecule has 2 saturated heterocycles. The number of aliphatic carboxylic acids is 1. The molecule has 2 aliphatic rings.